The fourth-order valence-corrected chi connectivity index (χ4v) is 4.35. The molecule has 1 amide bonds. The highest BCUT2D eigenvalue weighted by molar-refractivity contribution is 6.02. The third kappa shape index (κ3) is 5.53. The Morgan fingerprint density at radius 1 is 1.00 bits per heavy atom. The minimum absolute atomic E-state index is 0.0224. The first kappa shape index (κ1) is 23.0. The van der Waals surface area contributed by atoms with E-state index in [4.69, 9.17) is 4.74 Å². The highest BCUT2D eigenvalue weighted by Gasteiger charge is 2.50. The van der Waals surface area contributed by atoms with E-state index in [1.54, 1.807) is 4.90 Å². The molecule has 1 heterocycles. The van der Waals surface area contributed by atoms with Crippen molar-refractivity contribution in [3.63, 3.8) is 0 Å². The Hall–Kier alpha value is -2.66. The van der Waals surface area contributed by atoms with Crippen LogP contribution >= 0.6 is 0 Å². The highest BCUT2D eigenvalue weighted by atomic mass is 16.5. The average Bonchev–Trinajstić information content (AvgIpc) is 2.76. The summed E-state index contributed by atoms with van der Waals surface area (Å²) in [5, 5.41) is 0. The van der Waals surface area contributed by atoms with E-state index in [0.717, 1.165) is 25.3 Å². The molecular weight excluding hydrogens is 388 g/mol. The lowest BCUT2D eigenvalue weighted by Gasteiger charge is -2.47. The summed E-state index contributed by atoms with van der Waals surface area (Å²) in [7, 11) is 0. The van der Waals surface area contributed by atoms with Gasteiger partial charge in [-0.05, 0) is 43.4 Å². The summed E-state index contributed by atoms with van der Waals surface area (Å²) in [4.78, 5) is 30.9. The van der Waals surface area contributed by atoms with Crippen LogP contribution in [-0.2, 0) is 20.9 Å². The van der Waals surface area contributed by atoms with Crippen molar-refractivity contribution < 1.29 is 14.3 Å². The Bertz CT molecular complexity index is 843. The quantitative estimate of drug-likeness (QED) is 0.581. The van der Waals surface area contributed by atoms with E-state index in [-0.39, 0.29) is 17.8 Å². The number of amides is 1. The van der Waals surface area contributed by atoms with E-state index in [1.807, 2.05) is 69.3 Å². The summed E-state index contributed by atoms with van der Waals surface area (Å²) in [6.45, 7) is 8.47. The van der Waals surface area contributed by atoms with Gasteiger partial charge in [-0.25, -0.2) is 4.79 Å². The van der Waals surface area contributed by atoms with Gasteiger partial charge in [0.1, 0.15) is 5.54 Å². The molecule has 0 atom stereocenters. The number of nitrogens with zero attached hydrogens (tertiary/aromatic N) is 2. The number of anilines is 1. The van der Waals surface area contributed by atoms with Gasteiger partial charge in [0.15, 0.2) is 0 Å². The molecule has 1 aliphatic heterocycles. The van der Waals surface area contributed by atoms with Gasteiger partial charge in [-0.3, -0.25) is 14.6 Å². The maximum atomic E-state index is 13.4. The van der Waals surface area contributed by atoms with E-state index in [1.165, 1.54) is 5.56 Å². The minimum Gasteiger partial charge on any atom is -0.464 e. The second-order valence-corrected chi connectivity index (χ2v) is 8.68. The number of para-hydroxylation sites is 1. The normalized spacial score (nSPS) is 16.1. The lowest BCUT2D eigenvalue weighted by atomic mass is 9.84. The number of hydrogen-bond donors (Lipinski definition) is 0. The molecule has 5 heteroatoms. The number of rotatable bonds is 8. The van der Waals surface area contributed by atoms with Gasteiger partial charge in [-0.15, -0.1) is 0 Å². The summed E-state index contributed by atoms with van der Waals surface area (Å²) in [5.74, 6) is -0.114. The van der Waals surface area contributed by atoms with Crippen LogP contribution < -0.4 is 4.90 Å². The van der Waals surface area contributed by atoms with Crippen LogP contribution in [0.3, 0.4) is 0 Å². The summed E-state index contributed by atoms with van der Waals surface area (Å²) in [6.07, 6.45) is 1.50. The molecule has 0 unspecified atom stereocenters. The van der Waals surface area contributed by atoms with Crippen molar-refractivity contribution in [2.75, 3.05) is 24.6 Å². The smallest absolute Gasteiger partial charge is 0.332 e. The van der Waals surface area contributed by atoms with Crippen LogP contribution in [0.2, 0.25) is 0 Å². The third-order valence-electron chi connectivity index (χ3n) is 5.86. The molecule has 31 heavy (non-hydrogen) atoms. The monoisotopic (exact) mass is 422 g/mol. The number of carbonyl (C=O) groups excluding carboxylic acids is 2. The molecule has 1 fully saturated rings. The van der Waals surface area contributed by atoms with Crippen molar-refractivity contribution in [3.05, 3.63) is 66.2 Å². The molecule has 5 nitrogen and oxygen atoms in total. The van der Waals surface area contributed by atoms with Crippen LogP contribution in [0.5, 0.6) is 0 Å². The standard InChI is InChI=1S/C26H34N2O3/c1-4-31-25(30)26(15-17-27(18-16-26)20-22-11-7-5-8-12-22)28(24(29)19-21(2)3)23-13-9-6-10-14-23/h5-14,21H,4,15-20H2,1-3H3. The largest absolute Gasteiger partial charge is 0.464 e. The predicted molar refractivity (Wildman–Crippen MR) is 124 cm³/mol. The average molecular weight is 423 g/mol. The first-order valence-corrected chi connectivity index (χ1v) is 11.3. The van der Waals surface area contributed by atoms with Crippen molar-refractivity contribution in [2.24, 2.45) is 5.92 Å². The molecule has 2 aromatic carbocycles. The van der Waals surface area contributed by atoms with Gasteiger partial charge in [0.2, 0.25) is 5.91 Å². The topological polar surface area (TPSA) is 49.9 Å². The van der Waals surface area contributed by atoms with Crippen LogP contribution in [0, 0.1) is 5.92 Å². The van der Waals surface area contributed by atoms with Crippen molar-refractivity contribution in [1.82, 2.24) is 4.90 Å². The first-order valence-electron chi connectivity index (χ1n) is 11.3. The highest BCUT2D eigenvalue weighted by Crippen LogP contribution is 2.36. The molecule has 1 saturated heterocycles. The van der Waals surface area contributed by atoms with Crippen LogP contribution in [0.15, 0.2) is 60.7 Å². The summed E-state index contributed by atoms with van der Waals surface area (Å²) in [5.41, 5.74) is 1.04. The van der Waals surface area contributed by atoms with E-state index in [9.17, 15) is 9.59 Å². The summed E-state index contributed by atoms with van der Waals surface area (Å²) < 4.78 is 5.54. The molecule has 0 N–H and O–H groups in total. The number of benzene rings is 2. The van der Waals surface area contributed by atoms with Gasteiger partial charge in [-0.2, -0.15) is 0 Å². The Morgan fingerprint density at radius 3 is 2.13 bits per heavy atom. The lowest BCUT2D eigenvalue weighted by Crippen LogP contribution is -2.63. The summed E-state index contributed by atoms with van der Waals surface area (Å²) >= 11 is 0. The molecule has 2 aromatic rings. The predicted octanol–water partition coefficient (Wildman–Crippen LogP) is 4.66. The van der Waals surface area contributed by atoms with E-state index < -0.39 is 5.54 Å². The molecule has 0 bridgehead atoms. The van der Waals surface area contributed by atoms with Gasteiger partial charge < -0.3 is 4.74 Å². The molecule has 0 spiro atoms. The molecule has 3 rings (SSSR count). The van der Waals surface area contributed by atoms with E-state index >= 15 is 0 Å². The zero-order valence-corrected chi connectivity index (χ0v) is 18.9. The number of ether oxygens (including phenoxy) is 1. The molecule has 1 aliphatic rings. The number of hydrogen-bond acceptors (Lipinski definition) is 4. The van der Waals surface area contributed by atoms with Crippen molar-refractivity contribution in [1.29, 1.82) is 0 Å². The number of esters is 1. The lowest BCUT2D eigenvalue weighted by molar-refractivity contribution is -0.153. The molecule has 166 valence electrons. The van der Waals surface area contributed by atoms with Crippen molar-refractivity contribution >= 4 is 17.6 Å². The van der Waals surface area contributed by atoms with Gasteiger partial charge in [0.25, 0.3) is 0 Å². The van der Waals surface area contributed by atoms with Gasteiger partial charge in [0.05, 0.1) is 6.61 Å². The van der Waals surface area contributed by atoms with Crippen LogP contribution in [0.25, 0.3) is 0 Å². The molecule has 0 aliphatic carbocycles. The van der Waals surface area contributed by atoms with E-state index in [2.05, 4.69) is 17.0 Å². The number of likely N-dealkylation sites (tertiary alicyclic amines) is 1. The Kier molecular flexibility index (Phi) is 7.85. The van der Waals surface area contributed by atoms with Gasteiger partial charge in [-0.1, -0.05) is 62.4 Å². The second kappa shape index (κ2) is 10.6. The molecule has 0 aromatic heterocycles. The maximum Gasteiger partial charge on any atom is 0.332 e. The Balaban J connectivity index is 1.90. The number of piperidine rings is 1. The zero-order chi connectivity index (χ0) is 22.3. The van der Waals surface area contributed by atoms with Crippen molar-refractivity contribution in [2.45, 2.75) is 52.1 Å². The molecular formula is C26H34N2O3. The zero-order valence-electron chi connectivity index (χ0n) is 18.9. The van der Waals surface area contributed by atoms with E-state index in [0.29, 0.717) is 25.9 Å². The maximum absolute atomic E-state index is 13.4. The van der Waals surface area contributed by atoms with Gasteiger partial charge in [0, 0.05) is 31.7 Å². The van der Waals surface area contributed by atoms with Crippen LogP contribution in [0.4, 0.5) is 5.69 Å². The Labute approximate surface area is 186 Å². The second-order valence-electron chi connectivity index (χ2n) is 8.68. The van der Waals surface area contributed by atoms with Gasteiger partial charge >= 0.3 is 5.97 Å². The fraction of sp³-hybridized carbons (Fsp3) is 0.462. The number of carbonyl (C=O) groups is 2. The minimum atomic E-state index is -0.976. The van der Waals surface area contributed by atoms with Crippen LogP contribution in [-0.4, -0.2) is 42.0 Å². The molecule has 0 radical (unpaired) electrons. The first-order chi connectivity index (χ1) is 15.0. The molecule has 0 saturated carbocycles. The third-order valence-corrected chi connectivity index (χ3v) is 5.86. The summed E-state index contributed by atoms with van der Waals surface area (Å²) in [6, 6.07) is 19.9. The fourth-order valence-electron chi connectivity index (χ4n) is 4.35. The Morgan fingerprint density at radius 2 is 1.58 bits per heavy atom. The SMILES string of the molecule is CCOC(=O)C1(N(C(=O)CC(C)C)c2ccccc2)CCN(Cc2ccccc2)CC1. The van der Waals surface area contributed by atoms with Crippen molar-refractivity contribution in [3.8, 4) is 0 Å². The van der Waals surface area contributed by atoms with Crippen LogP contribution in [0.1, 0.15) is 45.6 Å².